The number of nitrogens with zero attached hydrogens (tertiary/aromatic N) is 2. The Hall–Kier alpha value is -2.17. The van der Waals surface area contributed by atoms with Crippen LogP contribution in [0, 0.1) is 11.8 Å². The van der Waals surface area contributed by atoms with Gasteiger partial charge < -0.3 is 10.6 Å². The zero-order valence-electron chi connectivity index (χ0n) is 17.1. The van der Waals surface area contributed by atoms with Crippen LogP contribution in [0.15, 0.2) is 60.7 Å². The van der Waals surface area contributed by atoms with Crippen LogP contribution in [-0.2, 0) is 11.3 Å². The summed E-state index contributed by atoms with van der Waals surface area (Å²) in [5.74, 6) is 0.484. The van der Waals surface area contributed by atoms with Crippen molar-refractivity contribution in [2.24, 2.45) is 17.6 Å². The third-order valence-electron chi connectivity index (χ3n) is 5.90. The van der Waals surface area contributed by atoms with E-state index in [-0.39, 0.29) is 17.9 Å². The second kappa shape index (κ2) is 9.85. The van der Waals surface area contributed by atoms with Crippen LogP contribution in [-0.4, -0.2) is 41.9 Å². The van der Waals surface area contributed by atoms with Gasteiger partial charge in [-0.1, -0.05) is 67.6 Å². The minimum atomic E-state index is -0.263. The first-order valence-electron chi connectivity index (χ1n) is 10.4. The molecule has 3 unspecified atom stereocenters. The Labute approximate surface area is 169 Å². The van der Waals surface area contributed by atoms with Crippen LogP contribution in [0.4, 0.5) is 0 Å². The molecular formula is C24H33N3O. The van der Waals surface area contributed by atoms with E-state index in [1.807, 2.05) is 42.2 Å². The molecule has 0 saturated carbocycles. The molecule has 0 aliphatic carbocycles. The van der Waals surface area contributed by atoms with Crippen LogP contribution in [0.3, 0.4) is 0 Å². The van der Waals surface area contributed by atoms with Gasteiger partial charge in [0.05, 0.1) is 5.92 Å². The van der Waals surface area contributed by atoms with E-state index in [1.165, 1.54) is 5.56 Å². The molecule has 1 fully saturated rings. The maximum atomic E-state index is 13.1. The molecule has 1 aliphatic heterocycles. The smallest absolute Gasteiger partial charge is 0.227 e. The fourth-order valence-corrected chi connectivity index (χ4v) is 4.14. The number of hydrogen-bond donors (Lipinski definition) is 1. The lowest BCUT2D eigenvalue weighted by Crippen LogP contribution is -2.42. The molecular weight excluding hydrogens is 346 g/mol. The number of rotatable bonds is 8. The van der Waals surface area contributed by atoms with Gasteiger partial charge in [-0.05, 0) is 36.9 Å². The molecule has 2 aromatic carbocycles. The second-order valence-electron chi connectivity index (χ2n) is 7.98. The van der Waals surface area contributed by atoms with Crippen molar-refractivity contribution >= 4 is 5.91 Å². The Bertz CT molecular complexity index is 734. The molecule has 2 N–H and O–H groups in total. The van der Waals surface area contributed by atoms with Crippen LogP contribution in [0.2, 0.25) is 0 Å². The van der Waals surface area contributed by atoms with Gasteiger partial charge in [0.15, 0.2) is 0 Å². The van der Waals surface area contributed by atoms with Gasteiger partial charge in [0.2, 0.25) is 5.91 Å². The van der Waals surface area contributed by atoms with E-state index in [2.05, 4.69) is 42.2 Å². The third kappa shape index (κ3) is 5.21. The third-order valence-corrected chi connectivity index (χ3v) is 5.90. The second-order valence-corrected chi connectivity index (χ2v) is 7.98. The molecule has 28 heavy (non-hydrogen) atoms. The van der Waals surface area contributed by atoms with Crippen molar-refractivity contribution in [2.75, 3.05) is 26.2 Å². The fraction of sp³-hybridized carbons (Fsp3) is 0.458. The molecule has 4 heteroatoms. The summed E-state index contributed by atoms with van der Waals surface area (Å²) < 4.78 is 0. The molecule has 3 atom stereocenters. The summed E-state index contributed by atoms with van der Waals surface area (Å²) in [5.41, 5.74) is 8.77. The lowest BCUT2D eigenvalue weighted by atomic mass is 9.93. The lowest BCUT2D eigenvalue weighted by molar-refractivity contribution is -0.136. The van der Waals surface area contributed by atoms with Gasteiger partial charge in [0.25, 0.3) is 0 Å². The summed E-state index contributed by atoms with van der Waals surface area (Å²) in [7, 11) is 0. The topological polar surface area (TPSA) is 49.6 Å². The Morgan fingerprint density at radius 3 is 2.43 bits per heavy atom. The highest BCUT2D eigenvalue weighted by Gasteiger charge is 2.30. The maximum Gasteiger partial charge on any atom is 0.227 e. The lowest BCUT2D eigenvalue weighted by Gasteiger charge is -2.30. The Morgan fingerprint density at radius 1 is 1.14 bits per heavy atom. The van der Waals surface area contributed by atoms with Crippen molar-refractivity contribution < 1.29 is 4.79 Å². The first kappa shape index (κ1) is 20.6. The largest absolute Gasteiger partial charge is 0.342 e. The zero-order valence-corrected chi connectivity index (χ0v) is 17.1. The van der Waals surface area contributed by atoms with Crippen molar-refractivity contribution in [3.63, 3.8) is 0 Å². The SMILES string of the molecule is CCN(CC1CCN(Cc2ccccc2)C1)C(=O)C(C)C(N)c1ccccc1. The molecule has 0 bridgehead atoms. The van der Waals surface area contributed by atoms with E-state index in [0.29, 0.717) is 5.92 Å². The summed E-state index contributed by atoms with van der Waals surface area (Å²) in [5, 5.41) is 0. The average molecular weight is 380 g/mol. The van der Waals surface area contributed by atoms with Crippen molar-refractivity contribution in [3.8, 4) is 0 Å². The van der Waals surface area contributed by atoms with Gasteiger partial charge >= 0.3 is 0 Å². The summed E-state index contributed by atoms with van der Waals surface area (Å²) in [6, 6.07) is 20.3. The molecule has 0 radical (unpaired) electrons. The van der Waals surface area contributed by atoms with Crippen molar-refractivity contribution in [1.82, 2.24) is 9.80 Å². The van der Waals surface area contributed by atoms with E-state index in [9.17, 15) is 4.79 Å². The molecule has 0 spiro atoms. The maximum absolute atomic E-state index is 13.1. The van der Waals surface area contributed by atoms with E-state index in [1.54, 1.807) is 0 Å². The molecule has 0 aromatic heterocycles. The summed E-state index contributed by atoms with van der Waals surface area (Å²) in [4.78, 5) is 17.6. The molecule has 1 heterocycles. The van der Waals surface area contributed by atoms with Crippen LogP contribution in [0.5, 0.6) is 0 Å². The van der Waals surface area contributed by atoms with Crippen LogP contribution < -0.4 is 5.73 Å². The number of nitrogens with two attached hydrogens (primary N) is 1. The van der Waals surface area contributed by atoms with Crippen LogP contribution in [0.25, 0.3) is 0 Å². The Kier molecular flexibility index (Phi) is 7.24. The highest BCUT2D eigenvalue weighted by atomic mass is 16.2. The van der Waals surface area contributed by atoms with Gasteiger partial charge in [-0.3, -0.25) is 9.69 Å². The monoisotopic (exact) mass is 379 g/mol. The normalized spacial score (nSPS) is 19.3. The number of hydrogen-bond acceptors (Lipinski definition) is 3. The molecule has 2 aromatic rings. The van der Waals surface area contributed by atoms with E-state index in [4.69, 9.17) is 5.73 Å². The molecule has 150 valence electrons. The highest BCUT2D eigenvalue weighted by Crippen LogP contribution is 2.24. The number of amides is 1. The summed E-state index contributed by atoms with van der Waals surface area (Å²) >= 11 is 0. The van der Waals surface area contributed by atoms with Crippen LogP contribution >= 0.6 is 0 Å². The molecule has 1 aliphatic rings. The van der Waals surface area contributed by atoms with E-state index in [0.717, 1.165) is 44.7 Å². The van der Waals surface area contributed by atoms with Crippen LogP contribution in [0.1, 0.15) is 37.4 Å². The summed E-state index contributed by atoms with van der Waals surface area (Å²) in [6.07, 6.45) is 1.15. The predicted molar refractivity (Wildman–Crippen MR) is 115 cm³/mol. The zero-order chi connectivity index (χ0) is 19.9. The Morgan fingerprint density at radius 2 is 1.79 bits per heavy atom. The summed E-state index contributed by atoms with van der Waals surface area (Å²) in [6.45, 7) is 8.73. The average Bonchev–Trinajstić information content (AvgIpc) is 3.18. The number of carbonyl (C=O) groups is 1. The van der Waals surface area contributed by atoms with Gasteiger partial charge in [-0.15, -0.1) is 0 Å². The van der Waals surface area contributed by atoms with Gasteiger partial charge in [0.1, 0.15) is 0 Å². The minimum Gasteiger partial charge on any atom is -0.342 e. The molecule has 4 nitrogen and oxygen atoms in total. The molecule has 1 saturated heterocycles. The molecule has 1 amide bonds. The predicted octanol–water partition coefficient (Wildman–Crippen LogP) is 3.69. The first-order chi connectivity index (χ1) is 13.6. The van der Waals surface area contributed by atoms with E-state index >= 15 is 0 Å². The minimum absolute atomic E-state index is 0.167. The van der Waals surface area contributed by atoms with E-state index < -0.39 is 0 Å². The van der Waals surface area contributed by atoms with Crippen molar-refractivity contribution in [2.45, 2.75) is 32.9 Å². The van der Waals surface area contributed by atoms with Crippen molar-refractivity contribution in [1.29, 1.82) is 0 Å². The number of likely N-dealkylation sites (tertiary alicyclic amines) is 1. The van der Waals surface area contributed by atoms with Crippen molar-refractivity contribution in [3.05, 3.63) is 71.8 Å². The number of benzene rings is 2. The standard InChI is InChI=1S/C24H33N3O/c1-3-27(24(28)19(2)23(25)22-12-8-5-9-13-22)18-21-14-15-26(17-21)16-20-10-6-4-7-11-20/h4-13,19,21,23H,3,14-18,25H2,1-2H3. The Balaban J connectivity index is 1.54. The van der Waals surface area contributed by atoms with Gasteiger partial charge in [-0.2, -0.15) is 0 Å². The highest BCUT2D eigenvalue weighted by molar-refractivity contribution is 5.79. The fourth-order valence-electron chi connectivity index (χ4n) is 4.14. The van der Waals surface area contributed by atoms with Gasteiger partial charge in [0, 0.05) is 32.2 Å². The van der Waals surface area contributed by atoms with Gasteiger partial charge in [-0.25, -0.2) is 0 Å². The molecule has 3 rings (SSSR count). The number of carbonyl (C=O) groups excluding carboxylic acids is 1. The quantitative estimate of drug-likeness (QED) is 0.761. The first-order valence-corrected chi connectivity index (χ1v) is 10.4.